The number of halogens is 1. The summed E-state index contributed by atoms with van der Waals surface area (Å²) in [6.07, 6.45) is 5.10. The molecule has 1 fully saturated rings. The Morgan fingerprint density at radius 3 is 2.54 bits per heavy atom. The highest BCUT2D eigenvalue weighted by atomic mass is 127. The fourth-order valence-electron chi connectivity index (χ4n) is 1.18. The van der Waals surface area contributed by atoms with Crippen LogP contribution in [0.3, 0.4) is 0 Å². The molecule has 0 atom stereocenters. The molecule has 13 heavy (non-hydrogen) atoms. The minimum Gasteiger partial charge on any atom is -0.356 e. The van der Waals surface area contributed by atoms with Gasteiger partial charge in [-0.2, -0.15) is 0 Å². The second kappa shape index (κ2) is 7.41. The number of nitrogens with zero attached hydrogens (tertiary/aromatic N) is 1. The maximum atomic E-state index is 4.14. The Hall–Kier alpha value is 0. The van der Waals surface area contributed by atoms with Crippen LogP contribution in [0.1, 0.15) is 32.6 Å². The molecule has 3 nitrogen and oxygen atoms in total. The Morgan fingerprint density at radius 1 is 1.46 bits per heavy atom. The first-order chi connectivity index (χ1) is 5.86. The van der Waals surface area contributed by atoms with Crippen molar-refractivity contribution in [3.05, 3.63) is 0 Å². The van der Waals surface area contributed by atoms with Gasteiger partial charge < -0.3 is 10.6 Å². The van der Waals surface area contributed by atoms with Crippen molar-refractivity contribution in [2.75, 3.05) is 13.6 Å². The first-order valence-electron chi connectivity index (χ1n) is 4.84. The highest BCUT2D eigenvalue weighted by Crippen LogP contribution is 2.17. The minimum absolute atomic E-state index is 0. The monoisotopic (exact) mass is 297 g/mol. The van der Waals surface area contributed by atoms with Crippen LogP contribution < -0.4 is 10.6 Å². The van der Waals surface area contributed by atoms with Gasteiger partial charge in [-0.25, -0.2) is 0 Å². The summed E-state index contributed by atoms with van der Waals surface area (Å²) in [5, 5.41) is 6.63. The fourth-order valence-corrected chi connectivity index (χ4v) is 1.18. The zero-order valence-corrected chi connectivity index (χ0v) is 10.8. The maximum absolute atomic E-state index is 4.14. The largest absolute Gasteiger partial charge is 0.356 e. The van der Waals surface area contributed by atoms with Crippen LogP contribution >= 0.6 is 24.0 Å². The lowest BCUT2D eigenvalue weighted by Gasteiger charge is -2.28. The lowest BCUT2D eigenvalue weighted by molar-refractivity contribution is 0.380. The SMILES string of the molecule is CCCNC(=NC)NC1CCC1.I. The molecule has 0 saturated heterocycles. The smallest absolute Gasteiger partial charge is 0.191 e. The third kappa shape index (κ3) is 4.69. The van der Waals surface area contributed by atoms with Gasteiger partial charge in [-0.1, -0.05) is 6.92 Å². The fraction of sp³-hybridized carbons (Fsp3) is 0.889. The van der Waals surface area contributed by atoms with Crippen LogP contribution in [0.25, 0.3) is 0 Å². The van der Waals surface area contributed by atoms with Gasteiger partial charge >= 0.3 is 0 Å². The molecule has 0 aromatic heterocycles. The number of hydrogen-bond donors (Lipinski definition) is 2. The summed E-state index contributed by atoms with van der Waals surface area (Å²) >= 11 is 0. The van der Waals surface area contributed by atoms with Crippen molar-refractivity contribution in [2.24, 2.45) is 4.99 Å². The average Bonchev–Trinajstić information content (AvgIpc) is 2.02. The molecule has 0 amide bonds. The van der Waals surface area contributed by atoms with Gasteiger partial charge in [-0.3, -0.25) is 4.99 Å². The lowest BCUT2D eigenvalue weighted by atomic mass is 9.93. The number of hydrogen-bond acceptors (Lipinski definition) is 1. The first kappa shape index (κ1) is 13.0. The van der Waals surface area contributed by atoms with Gasteiger partial charge in [0.15, 0.2) is 5.96 Å². The summed E-state index contributed by atoms with van der Waals surface area (Å²) in [6.45, 7) is 3.16. The molecule has 0 unspecified atom stereocenters. The highest BCUT2D eigenvalue weighted by Gasteiger charge is 2.17. The molecule has 0 heterocycles. The molecule has 0 spiro atoms. The number of nitrogens with one attached hydrogen (secondary N) is 2. The molecule has 4 heteroatoms. The molecule has 1 aliphatic carbocycles. The van der Waals surface area contributed by atoms with Gasteiger partial charge in [-0.05, 0) is 25.7 Å². The van der Waals surface area contributed by atoms with Crippen LogP contribution in [0, 0.1) is 0 Å². The summed E-state index contributed by atoms with van der Waals surface area (Å²) in [4.78, 5) is 4.14. The van der Waals surface area contributed by atoms with Crippen molar-refractivity contribution >= 4 is 29.9 Å². The summed E-state index contributed by atoms with van der Waals surface area (Å²) in [5.41, 5.74) is 0. The van der Waals surface area contributed by atoms with Gasteiger partial charge in [0.25, 0.3) is 0 Å². The average molecular weight is 297 g/mol. The molecule has 78 valence electrons. The quantitative estimate of drug-likeness (QED) is 0.473. The molecule has 0 aromatic rings. The Labute approximate surface area is 97.8 Å². The molecule has 1 aliphatic rings. The lowest BCUT2D eigenvalue weighted by Crippen LogP contribution is -2.46. The van der Waals surface area contributed by atoms with E-state index >= 15 is 0 Å². The number of rotatable bonds is 3. The topological polar surface area (TPSA) is 36.4 Å². The van der Waals surface area contributed by atoms with Crippen LogP contribution in [0.2, 0.25) is 0 Å². The van der Waals surface area contributed by atoms with Gasteiger partial charge in [-0.15, -0.1) is 24.0 Å². The van der Waals surface area contributed by atoms with Gasteiger partial charge in [0.2, 0.25) is 0 Å². The second-order valence-corrected chi connectivity index (χ2v) is 3.27. The molecule has 0 aromatic carbocycles. The predicted molar refractivity (Wildman–Crippen MR) is 67.8 cm³/mol. The van der Waals surface area contributed by atoms with Crippen LogP contribution in [-0.4, -0.2) is 25.6 Å². The van der Waals surface area contributed by atoms with Crippen molar-refractivity contribution < 1.29 is 0 Å². The van der Waals surface area contributed by atoms with E-state index in [1.54, 1.807) is 0 Å². The Bertz CT molecular complexity index is 155. The van der Waals surface area contributed by atoms with E-state index < -0.39 is 0 Å². The molecule has 0 bridgehead atoms. The number of guanidine groups is 1. The van der Waals surface area contributed by atoms with Crippen molar-refractivity contribution in [3.63, 3.8) is 0 Å². The van der Waals surface area contributed by atoms with E-state index in [0.717, 1.165) is 18.9 Å². The standard InChI is InChI=1S/C9H19N3.HI/c1-3-7-11-9(10-2)12-8-5-4-6-8;/h8H,3-7H2,1-2H3,(H2,10,11,12);1H. The molecule has 2 N–H and O–H groups in total. The summed E-state index contributed by atoms with van der Waals surface area (Å²) in [5.74, 6) is 0.960. The Kier molecular flexibility index (Phi) is 7.41. The summed E-state index contributed by atoms with van der Waals surface area (Å²) in [6, 6.07) is 0.674. The first-order valence-corrected chi connectivity index (χ1v) is 4.84. The third-order valence-corrected chi connectivity index (χ3v) is 2.21. The highest BCUT2D eigenvalue weighted by molar-refractivity contribution is 14.0. The molecule has 1 saturated carbocycles. The van der Waals surface area contributed by atoms with Crippen molar-refractivity contribution in [1.82, 2.24) is 10.6 Å². The van der Waals surface area contributed by atoms with E-state index in [1.165, 1.54) is 19.3 Å². The van der Waals surface area contributed by atoms with E-state index in [9.17, 15) is 0 Å². The molecular formula is C9H20IN3. The van der Waals surface area contributed by atoms with Crippen molar-refractivity contribution in [1.29, 1.82) is 0 Å². The normalized spacial score (nSPS) is 17.2. The van der Waals surface area contributed by atoms with Gasteiger partial charge in [0.1, 0.15) is 0 Å². The van der Waals surface area contributed by atoms with Gasteiger partial charge in [0.05, 0.1) is 0 Å². The molecule has 0 aliphatic heterocycles. The number of aliphatic imine (C=N–C) groups is 1. The zero-order valence-electron chi connectivity index (χ0n) is 8.47. The van der Waals surface area contributed by atoms with E-state index in [1.807, 2.05) is 7.05 Å². The van der Waals surface area contributed by atoms with Crippen LogP contribution in [0.5, 0.6) is 0 Å². The van der Waals surface area contributed by atoms with E-state index in [2.05, 4.69) is 22.5 Å². The molecule has 0 radical (unpaired) electrons. The van der Waals surface area contributed by atoms with Crippen molar-refractivity contribution in [2.45, 2.75) is 38.6 Å². The van der Waals surface area contributed by atoms with Crippen LogP contribution in [0.15, 0.2) is 4.99 Å². The van der Waals surface area contributed by atoms with E-state index in [4.69, 9.17) is 0 Å². The third-order valence-electron chi connectivity index (χ3n) is 2.21. The predicted octanol–water partition coefficient (Wildman–Crippen LogP) is 1.73. The molecular weight excluding hydrogens is 277 g/mol. The molecule has 1 rings (SSSR count). The van der Waals surface area contributed by atoms with E-state index in [-0.39, 0.29) is 24.0 Å². The Morgan fingerprint density at radius 2 is 2.15 bits per heavy atom. The maximum Gasteiger partial charge on any atom is 0.191 e. The van der Waals surface area contributed by atoms with Gasteiger partial charge in [0, 0.05) is 19.6 Å². The summed E-state index contributed by atoms with van der Waals surface area (Å²) < 4.78 is 0. The summed E-state index contributed by atoms with van der Waals surface area (Å²) in [7, 11) is 1.82. The van der Waals surface area contributed by atoms with E-state index in [0.29, 0.717) is 6.04 Å². The zero-order chi connectivity index (χ0) is 8.81. The minimum atomic E-state index is 0. The Balaban J connectivity index is 0.00000144. The van der Waals surface area contributed by atoms with Crippen LogP contribution in [-0.2, 0) is 0 Å². The second-order valence-electron chi connectivity index (χ2n) is 3.27. The van der Waals surface area contributed by atoms with Crippen molar-refractivity contribution in [3.8, 4) is 0 Å². The van der Waals surface area contributed by atoms with Crippen LogP contribution in [0.4, 0.5) is 0 Å².